The Bertz CT molecular complexity index is 686. The van der Waals surface area contributed by atoms with E-state index in [1.54, 1.807) is 0 Å². The highest BCUT2D eigenvalue weighted by Crippen LogP contribution is 2.22. The standard InChI is InChI=1S/C19H22ClN3O/c1-14(2)23(18-10-8-15(20)9-11-18)12-17-13-24-19(22-17)21-16-6-4-3-5-7-16/h3-11,14,17H,12-13H2,1-2H3,(H,21,22). The van der Waals surface area contributed by atoms with Gasteiger partial charge in [0.25, 0.3) is 6.02 Å². The summed E-state index contributed by atoms with van der Waals surface area (Å²) in [6, 6.07) is 18.9. The molecule has 2 aromatic carbocycles. The molecular weight excluding hydrogens is 322 g/mol. The van der Waals surface area contributed by atoms with Gasteiger partial charge in [0, 0.05) is 29.0 Å². The summed E-state index contributed by atoms with van der Waals surface area (Å²) in [6.07, 6.45) is 0. The molecule has 0 fully saturated rings. The molecule has 0 radical (unpaired) electrons. The molecule has 24 heavy (non-hydrogen) atoms. The lowest BCUT2D eigenvalue weighted by atomic mass is 10.2. The van der Waals surface area contributed by atoms with E-state index in [1.165, 1.54) is 0 Å². The topological polar surface area (TPSA) is 36.9 Å². The van der Waals surface area contributed by atoms with E-state index in [1.807, 2.05) is 54.6 Å². The number of aliphatic imine (C=N–C) groups is 1. The number of rotatable bonds is 5. The van der Waals surface area contributed by atoms with Gasteiger partial charge in [-0.1, -0.05) is 29.8 Å². The Morgan fingerprint density at radius 3 is 2.54 bits per heavy atom. The monoisotopic (exact) mass is 343 g/mol. The molecule has 0 amide bonds. The summed E-state index contributed by atoms with van der Waals surface area (Å²) in [5, 5.41) is 3.96. The van der Waals surface area contributed by atoms with Gasteiger partial charge in [0.05, 0.1) is 0 Å². The van der Waals surface area contributed by atoms with Crippen molar-refractivity contribution in [2.75, 3.05) is 23.4 Å². The third-order valence-corrected chi connectivity index (χ3v) is 4.18. The maximum atomic E-state index is 5.99. The Hall–Kier alpha value is -2.20. The summed E-state index contributed by atoms with van der Waals surface area (Å²) in [5.74, 6) is 0. The molecule has 0 bridgehead atoms. The van der Waals surface area contributed by atoms with E-state index in [0.29, 0.717) is 18.7 Å². The lowest BCUT2D eigenvalue weighted by Gasteiger charge is -2.30. The van der Waals surface area contributed by atoms with Gasteiger partial charge >= 0.3 is 0 Å². The van der Waals surface area contributed by atoms with Crippen LogP contribution in [0.15, 0.2) is 59.6 Å². The third-order valence-electron chi connectivity index (χ3n) is 3.93. The molecule has 0 aliphatic carbocycles. The zero-order chi connectivity index (χ0) is 16.9. The first-order valence-electron chi connectivity index (χ1n) is 8.16. The quantitative estimate of drug-likeness (QED) is 0.873. The first kappa shape index (κ1) is 16.7. The molecule has 0 saturated heterocycles. The number of anilines is 2. The average Bonchev–Trinajstić information content (AvgIpc) is 3.01. The van der Waals surface area contributed by atoms with Crippen LogP contribution in [-0.4, -0.2) is 31.3 Å². The fraction of sp³-hybridized carbons (Fsp3) is 0.316. The van der Waals surface area contributed by atoms with Crippen LogP contribution in [0.2, 0.25) is 5.02 Å². The van der Waals surface area contributed by atoms with Crippen molar-refractivity contribution in [3.63, 3.8) is 0 Å². The molecule has 0 spiro atoms. The Morgan fingerprint density at radius 2 is 1.88 bits per heavy atom. The van der Waals surface area contributed by atoms with E-state index < -0.39 is 0 Å². The minimum absolute atomic E-state index is 0.106. The number of halogens is 1. The second-order valence-corrected chi connectivity index (χ2v) is 6.55. The van der Waals surface area contributed by atoms with Crippen LogP contribution in [0, 0.1) is 0 Å². The number of amidine groups is 1. The van der Waals surface area contributed by atoms with Gasteiger partial charge in [-0.3, -0.25) is 0 Å². The van der Waals surface area contributed by atoms with E-state index in [2.05, 4.69) is 29.1 Å². The fourth-order valence-corrected chi connectivity index (χ4v) is 2.82. The van der Waals surface area contributed by atoms with Crippen LogP contribution < -0.4 is 10.2 Å². The molecule has 0 aromatic heterocycles. The van der Waals surface area contributed by atoms with Crippen molar-refractivity contribution in [1.29, 1.82) is 0 Å². The smallest absolute Gasteiger partial charge is 0.289 e. The Labute approximate surface area is 148 Å². The molecule has 126 valence electrons. The Balaban J connectivity index is 1.66. The van der Waals surface area contributed by atoms with Crippen LogP contribution in [0.1, 0.15) is 13.8 Å². The largest absolute Gasteiger partial charge is 0.463 e. The summed E-state index contributed by atoms with van der Waals surface area (Å²) in [6.45, 7) is 5.75. The zero-order valence-electron chi connectivity index (χ0n) is 13.9. The molecule has 2 aromatic rings. The van der Waals surface area contributed by atoms with Gasteiger partial charge in [-0.2, -0.15) is 0 Å². The van der Waals surface area contributed by atoms with Gasteiger partial charge in [-0.15, -0.1) is 0 Å². The summed E-state index contributed by atoms with van der Waals surface area (Å²) in [7, 11) is 0. The van der Waals surface area contributed by atoms with Crippen molar-refractivity contribution in [2.24, 2.45) is 4.99 Å². The summed E-state index contributed by atoms with van der Waals surface area (Å²) < 4.78 is 5.70. The van der Waals surface area contributed by atoms with Gasteiger partial charge < -0.3 is 15.0 Å². The molecule has 5 heteroatoms. The van der Waals surface area contributed by atoms with Crippen molar-refractivity contribution in [2.45, 2.75) is 25.9 Å². The van der Waals surface area contributed by atoms with E-state index in [9.17, 15) is 0 Å². The van der Waals surface area contributed by atoms with Crippen LogP contribution in [0.3, 0.4) is 0 Å². The van der Waals surface area contributed by atoms with Crippen molar-refractivity contribution in [1.82, 2.24) is 0 Å². The molecule has 0 saturated carbocycles. The summed E-state index contributed by atoms with van der Waals surface area (Å²) in [4.78, 5) is 6.98. The number of hydrogen-bond donors (Lipinski definition) is 1. The van der Waals surface area contributed by atoms with Gasteiger partial charge in [0.2, 0.25) is 0 Å². The number of benzene rings is 2. The Morgan fingerprint density at radius 1 is 1.17 bits per heavy atom. The SMILES string of the molecule is CC(C)N(CC1COC(Nc2ccccc2)=N1)c1ccc(Cl)cc1. The molecule has 4 nitrogen and oxygen atoms in total. The summed E-state index contributed by atoms with van der Waals surface area (Å²) >= 11 is 5.99. The second-order valence-electron chi connectivity index (χ2n) is 6.11. The number of nitrogens with one attached hydrogen (secondary N) is 1. The van der Waals surface area contributed by atoms with Crippen LogP contribution in [-0.2, 0) is 4.74 Å². The van der Waals surface area contributed by atoms with E-state index in [-0.39, 0.29) is 6.04 Å². The minimum Gasteiger partial charge on any atom is -0.463 e. The van der Waals surface area contributed by atoms with Crippen LogP contribution in [0.4, 0.5) is 11.4 Å². The predicted molar refractivity (Wildman–Crippen MR) is 101 cm³/mol. The number of ether oxygens (including phenoxy) is 1. The highest BCUT2D eigenvalue weighted by atomic mass is 35.5. The highest BCUT2D eigenvalue weighted by molar-refractivity contribution is 6.30. The molecule has 1 heterocycles. The maximum Gasteiger partial charge on any atom is 0.289 e. The minimum atomic E-state index is 0.106. The lowest BCUT2D eigenvalue weighted by Crippen LogP contribution is -2.37. The Kier molecular flexibility index (Phi) is 5.26. The van der Waals surface area contributed by atoms with Crippen molar-refractivity contribution in [3.8, 4) is 0 Å². The van der Waals surface area contributed by atoms with Crippen molar-refractivity contribution in [3.05, 3.63) is 59.6 Å². The van der Waals surface area contributed by atoms with Gasteiger partial charge in [-0.25, -0.2) is 4.99 Å². The molecule has 1 N–H and O–H groups in total. The van der Waals surface area contributed by atoms with E-state index in [4.69, 9.17) is 16.3 Å². The normalized spacial score (nSPS) is 16.7. The lowest BCUT2D eigenvalue weighted by molar-refractivity contribution is 0.315. The molecule has 1 aliphatic heterocycles. The van der Waals surface area contributed by atoms with E-state index >= 15 is 0 Å². The van der Waals surface area contributed by atoms with Gasteiger partial charge in [0.15, 0.2) is 0 Å². The van der Waals surface area contributed by atoms with Gasteiger partial charge in [0.1, 0.15) is 12.6 Å². The average molecular weight is 344 g/mol. The molecule has 1 unspecified atom stereocenters. The molecule has 3 rings (SSSR count). The predicted octanol–water partition coefficient (Wildman–Crippen LogP) is 4.42. The van der Waals surface area contributed by atoms with Crippen molar-refractivity contribution < 1.29 is 4.74 Å². The molecule has 1 atom stereocenters. The van der Waals surface area contributed by atoms with Crippen LogP contribution in [0.25, 0.3) is 0 Å². The number of nitrogens with zero attached hydrogens (tertiary/aromatic N) is 2. The highest BCUT2D eigenvalue weighted by Gasteiger charge is 2.23. The first-order valence-corrected chi connectivity index (χ1v) is 8.54. The van der Waals surface area contributed by atoms with Crippen LogP contribution >= 0.6 is 11.6 Å². The number of para-hydroxylation sites is 1. The fourth-order valence-electron chi connectivity index (χ4n) is 2.70. The summed E-state index contributed by atoms with van der Waals surface area (Å²) in [5.41, 5.74) is 2.13. The second kappa shape index (κ2) is 7.58. The van der Waals surface area contributed by atoms with Crippen molar-refractivity contribution >= 4 is 29.0 Å². The van der Waals surface area contributed by atoms with E-state index in [0.717, 1.165) is 22.9 Å². The zero-order valence-corrected chi connectivity index (χ0v) is 14.7. The first-order chi connectivity index (χ1) is 11.6. The molecule has 1 aliphatic rings. The molecular formula is C19H22ClN3O. The van der Waals surface area contributed by atoms with Crippen LogP contribution in [0.5, 0.6) is 0 Å². The number of hydrogen-bond acceptors (Lipinski definition) is 4. The van der Waals surface area contributed by atoms with Gasteiger partial charge in [-0.05, 0) is 50.2 Å². The maximum absolute atomic E-state index is 5.99. The third kappa shape index (κ3) is 4.20.